The van der Waals surface area contributed by atoms with Gasteiger partial charge in [-0.15, -0.1) is 0 Å². The number of benzene rings is 1. The zero-order chi connectivity index (χ0) is 14.2. The predicted molar refractivity (Wildman–Crippen MR) is 62.1 cm³/mol. The smallest absolute Gasteiger partial charge is 0.416 e. The largest absolute Gasteiger partial charge is 0.448 e. The van der Waals surface area contributed by atoms with Gasteiger partial charge in [-0.2, -0.15) is 13.2 Å². The Balaban J connectivity index is 2.57. The molecule has 0 radical (unpaired) electrons. The Kier molecular flexibility index (Phi) is 2.97. The van der Waals surface area contributed by atoms with Gasteiger partial charge in [-0.25, -0.2) is 0 Å². The summed E-state index contributed by atoms with van der Waals surface area (Å²) >= 11 is 0. The maximum absolute atomic E-state index is 12.6. The van der Waals surface area contributed by atoms with Gasteiger partial charge in [-0.3, -0.25) is 4.79 Å². The molecule has 19 heavy (non-hydrogen) atoms. The van der Waals surface area contributed by atoms with Gasteiger partial charge in [-0.05, 0) is 17.7 Å². The van der Waals surface area contributed by atoms with Crippen LogP contribution in [0.3, 0.4) is 0 Å². The fraction of sp³-hybridized carbons (Fsp3) is 0.0833. The van der Waals surface area contributed by atoms with Crippen molar-refractivity contribution in [2.45, 2.75) is 6.18 Å². The summed E-state index contributed by atoms with van der Waals surface area (Å²) in [5, 5.41) is 0. The highest BCUT2D eigenvalue weighted by molar-refractivity contribution is 6.03. The van der Waals surface area contributed by atoms with E-state index >= 15 is 0 Å². The van der Waals surface area contributed by atoms with E-state index in [1.165, 1.54) is 12.1 Å². The van der Waals surface area contributed by atoms with Crippen molar-refractivity contribution in [3.05, 3.63) is 41.7 Å². The maximum atomic E-state index is 12.6. The SMILES string of the molecule is NC(=O)c1c(-c2cccc(C(F)(F)F)c2)coc1N. The summed E-state index contributed by atoms with van der Waals surface area (Å²) in [6.07, 6.45) is -3.37. The number of carbonyl (C=O) groups excluding carboxylic acids is 1. The van der Waals surface area contributed by atoms with Gasteiger partial charge in [0.15, 0.2) is 0 Å². The van der Waals surface area contributed by atoms with Crippen LogP contribution in [0.15, 0.2) is 34.9 Å². The zero-order valence-electron chi connectivity index (χ0n) is 9.49. The molecule has 0 aliphatic carbocycles. The first-order chi connectivity index (χ1) is 8.80. The van der Waals surface area contributed by atoms with Gasteiger partial charge in [0, 0.05) is 5.56 Å². The molecule has 0 saturated carbocycles. The third kappa shape index (κ3) is 2.40. The second kappa shape index (κ2) is 4.34. The monoisotopic (exact) mass is 270 g/mol. The Hall–Kier alpha value is -2.44. The highest BCUT2D eigenvalue weighted by Crippen LogP contribution is 2.34. The normalized spacial score (nSPS) is 11.5. The summed E-state index contributed by atoms with van der Waals surface area (Å²) in [6, 6.07) is 4.46. The van der Waals surface area contributed by atoms with Crippen molar-refractivity contribution in [3.63, 3.8) is 0 Å². The Morgan fingerprint density at radius 3 is 2.53 bits per heavy atom. The molecule has 2 aromatic rings. The summed E-state index contributed by atoms with van der Waals surface area (Å²) in [7, 11) is 0. The standard InChI is InChI=1S/C12H9F3N2O2/c13-12(14,15)7-3-1-2-6(4-7)8-5-19-11(17)9(8)10(16)18/h1-5H,17H2,(H2,16,18). The summed E-state index contributed by atoms with van der Waals surface area (Å²) in [6.45, 7) is 0. The van der Waals surface area contributed by atoms with E-state index < -0.39 is 17.6 Å². The lowest BCUT2D eigenvalue weighted by atomic mass is 10.0. The number of primary amides is 1. The van der Waals surface area contributed by atoms with Gasteiger partial charge in [0.05, 0.1) is 5.56 Å². The molecule has 1 aromatic carbocycles. The summed E-state index contributed by atoms with van der Waals surface area (Å²) in [5.74, 6) is -1.08. The number of hydrogen-bond acceptors (Lipinski definition) is 3. The number of anilines is 1. The Labute approximate surface area is 105 Å². The van der Waals surface area contributed by atoms with Crippen molar-refractivity contribution in [2.75, 3.05) is 5.73 Å². The summed E-state index contributed by atoms with van der Waals surface area (Å²) < 4.78 is 42.7. The first kappa shape index (κ1) is 13.0. The van der Waals surface area contributed by atoms with Gasteiger partial charge in [-0.1, -0.05) is 12.1 Å². The molecule has 4 nitrogen and oxygen atoms in total. The predicted octanol–water partition coefficient (Wildman–Crippen LogP) is 2.65. The van der Waals surface area contributed by atoms with Crippen molar-refractivity contribution in [3.8, 4) is 11.1 Å². The van der Waals surface area contributed by atoms with Gasteiger partial charge < -0.3 is 15.9 Å². The van der Waals surface area contributed by atoms with Crippen molar-refractivity contribution < 1.29 is 22.4 Å². The van der Waals surface area contributed by atoms with Crippen LogP contribution < -0.4 is 11.5 Å². The van der Waals surface area contributed by atoms with Crippen molar-refractivity contribution >= 4 is 11.8 Å². The van der Waals surface area contributed by atoms with Gasteiger partial charge in [0.1, 0.15) is 11.8 Å². The quantitative estimate of drug-likeness (QED) is 0.880. The Morgan fingerprint density at radius 1 is 1.26 bits per heavy atom. The lowest BCUT2D eigenvalue weighted by molar-refractivity contribution is -0.137. The molecule has 0 saturated heterocycles. The molecule has 0 aliphatic rings. The van der Waals surface area contributed by atoms with E-state index in [0.717, 1.165) is 18.4 Å². The number of nitrogen functional groups attached to an aromatic ring is 1. The molecular formula is C12H9F3N2O2. The van der Waals surface area contributed by atoms with Crippen LogP contribution >= 0.6 is 0 Å². The minimum Gasteiger partial charge on any atom is -0.448 e. The van der Waals surface area contributed by atoms with Crippen LogP contribution in [0.2, 0.25) is 0 Å². The number of hydrogen-bond donors (Lipinski definition) is 2. The number of halogens is 3. The van der Waals surface area contributed by atoms with E-state index in [0.29, 0.717) is 0 Å². The Bertz CT molecular complexity index is 632. The van der Waals surface area contributed by atoms with E-state index in [2.05, 4.69) is 0 Å². The molecular weight excluding hydrogens is 261 g/mol. The van der Waals surface area contributed by atoms with Crippen molar-refractivity contribution in [1.82, 2.24) is 0 Å². The zero-order valence-corrected chi connectivity index (χ0v) is 9.49. The van der Waals surface area contributed by atoms with Crippen LogP contribution in [0.1, 0.15) is 15.9 Å². The molecule has 0 unspecified atom stereocenters. The number of amides is 1. The second-order valence-electron chi connectivity index (χ2n) is 3.83. The summed E-state index contributed by atoms with van der Waals surface area (Å²) in [5.41, 5.74) is 9.87. The topological polar surface area (TPSA) is 82.2 Å². The molecule has 1 amide bonds. The van der Waals surface area contributed by atoms with Crippen molar-refractivity contribution in [1.29, 1.82) is 0 Å². The van der Waals surface area contributed by atoms with Crippen LogP contribution in [-0.4, -0.2) is 5.91 Å². The maximum Gasteiger partial charge on any atom is 0.416 e. The van der Waals surface area contributed by atoms with Gasteiger partial charge in [0.2, 0.25) is 5.88 Å². The first-order valence-corrected chi connectivity index (χ1v) is 5.15. The molecule has 0 aliphatic heterocycles. The lowest BCUT2D eigenvalue weighted by Crippen LogP contribution is -2.13. The van der Waals surface area contributed by atoms with Crippen LogP contribution in [-0.2, 0) is 6.18 Å². The molecule has 1 aromatic heterocycles. The molecule has 0 bridgehead atoms. The molecule has 4 N–H and O–H groups in total. The van der Waals surface area contributed by atoms with E-state index in [1.54, 1.807) is 0 Å². The molecule has 2 rings (SSSR count). The van der Waals surface area contributed by atoms with E-state index in [1.807, 2.05) is 0 Å². The molecule has 1 heterocycles. The van der Waals surface area contributed by atoms with Crippen LogP contribution in [0.4, 0.5) is 19.1 Å². The van der Waals surface area contributed by atoms with Crippen LogP contribution in [0.25, 0.3) is 11.1 Å². The molecule has 0 spiro atoms. The number of carbonyl (C=O) groups is 1. The van der Waals surface area contributed by atoms with E-state index in [9.17, 15) is 18.0 Å². The minimum absolute atomic E-state index is 0.126. The Morgan fingerprint density at radius 2 is 1.95 bits per heavy atom. The number of furan rings is 1. The first-order valence-electron chi connectivity index (χ1n) is 5.15. The molecule has 7 heteroatoms. The highest BCUT2D eigenvalue weighted by atomic mass is 19.4. The molecule has 100 valence electrons. The third-order valence-electron chi connectivity index (χ3n) is 2.57. The number of alkyl halides is 3. The van der Waals surface area contributed by atoms with Crippen molar-refractivity contribution in [2.24, 2.45) is 5.73 Å². The summed E-state index contributed by atoms with van der Waals surface area (Å²) in [4.78, 5) is 11.2. The van der Waals surface area contributed by atoms with Crippen LogP contribution in [0, 0.1) is 0 Å². The highest BCUT2D eigenvalue weighted by Gasteiger charge is 2.31. The fourth-order valence-corrected chi connectivity index (χ4v) is 1.70. The average Bonchev–Trinajstić information content (AvgIpc) is 2.70. The minimum atomic E-state index is -4.47. The molecule has 0 atom stereocenters. The number of rotatable bonds is 2. The third-order valence-corrected chi connectivity index (χ3v) is 2.57. The fourth-order valence-electron chi connectivity index (χ4n) is 1.70. The lowest BCUT2D eigenvalue weighted by Gasteiger charge is -2.08. The second-order valence-corrected chi connectivity index (χ2v) is 3.83. The van der Waals surface area contributed by atoms with Gasteiger partial charge >= 0.3 is 6.18 Å². The number of nitrogens with two attached hydrogens (primary N) is 2. The van der Waals surface area contributed by atoms with Crippen LogP contribution in [0.5, 0.6) is 0 Å². The van der Waals surface area contributed by atoms with E-state index in [4.69, 9.17) is 15.9 Å². The van der Waals surface area contributed by atoms with E-state index in [-0.39, 0.29) is 22.6 Å². The average molecular weight is 270 g/mol. The van der Waals surface area contributed by atoms with Gasteiger partial charge in [0.25, 0.3) is 5.91 Å². The molecule has 0 fully saturated rings.